The maximum absolute atomic E-state index is 15.3. The molecule has 0 unspecified atom stereocenters. The van der Waals surface area contributed by atoms with Crippen LogP contribution in [0.15, 0.2) is 41.2 Å². The van der Waals surface area contributed by atoms with Gasteiger partial charge in [0.15, 0.2) is 11.6 Å². The molecule has 6 nitrogen and oxygen atoms in total. The molecule has 0 spiro atoms. The van der Waals surface area contributed by atoms with Crippen LogP contribution < -0.4 is 11.1 Å². The van der Waals surface area contributed by atoms with Crippen LogP contribution in [0.25, 0.3) is 22.4 Å². The van der Waals surface area contributed by atoms with Gasteiger partial charge >= 0.3 is 0 Å². The third-order valence-electron chi connectivity index (χ3n) is 4.20. The number of anilines is 3. The zero-order valence-corrected chi connectivity index (χ0v) is 16.2. The highest BCUT2D eigenvalue weighted by Crippen LogP contribution is 2.38. The number of aromatic nitrogens is 3. The van der Waals surface area contributed by atoms with E-state index < -0.39 is 5.82 Å². The Kier molecular flexibility index (Phi) is 4.06. The Morgan fingerprint density at radius 1 is 1.27 bits per heavy atom. The van der Waals surface area contributed by atoms with E-state index in [-0.39, 0.29) is 17.2 Å². The van der Waals surface area contributed by atoms with E-state index in [0.29, 0.717) is 16.8 Å². The monoisotopic (exact) mass is 463 g/mol. The number of benzene rings is 2. The lowest BCUT2D eigenvalue weighted by Crippen LogP contribution is -2.00. The molecule has 4 rings (SSSR count). The molecule has 3 N–H and O–H groups in total. The fourth-order valence-corrected chi connectivity index (χ4v) is 3.50. The third kappa shape index (κ3) is 2.79. The number of aryl methyl sites for hydroxylation is 2. The summed E-state index contributed by atoms with van der Waals surface area (Å²) in [6, 6.07) is 7.74. The van der Waals surface area contributed by atoms with Crippen LogP contribution in [0.2, 0.25) is 0 Å². The lowest BCUT2D eigenvalue weighted by Gasteiger charge is -2.15. The zero-order valence-electron chi connectivity index (χ0n) is 14.0. The Morgan fingerprint density at radius 2 is 2.08 bits per heavy atom. The molecule has 0 bridgehead atoms. The van der Waals surface area contributed by atoms with Crippen LogP contribution in [0.3, 0.4) is 0 Å². The average Bonchev–Trinajstić information content (AvgIpc) is 3.18. The van der Waals surface area contributed by atoms with Crippen molar-refractivity contribution in [2.24, 2.45) is 7.05 Å². The minimum absolute atomic E-state index is 0.0295. The molecular formula is C18H15FIN5O. The molecule has 0 atom stereocenters. The molecule has 0 aliphatic heterocycles. The van der Waals surface area contributed by atoms with E-state index in [2.05, 4.69) is 37.9 Å². The van der Waals surface area contributed by atoms with E-state index >= 15 is 4.39 Å². The van der Waals surface area contributed by atoms with Gasteiger partial charge < -0.3 is 20.0 Å². The highest BCUT2D eigenvalue weighted by Gasteiger charge is 2.20. The second-order valence-electron chi connectivity index (χ2n) is 5.98. The van der Waals surface area contributed by atoms with Gasteiger partial charge in [0.25, 0.3) is 6.01 Å². The number of nitrogens with two attached hydrogens (primary N) is 1. The number of hydrogen-bond acceptors (Lipinski definition) is 5. The first-order valence-electron chi connectivity index (χ1n) is 7.82. The second kappa shape index (κ2) is 6.27. The highest BCUT2D eigenvalue weighted by atomic mass is 127. The van der Waals surface area contributed by atoms with Crippen LogP contribution in [0, 0.1) is 16.3 Å². The minimum atomic E-state index is -0.453. The molecule has 0 aliphatic rings. The average molecular weight is 463 g/mol. The first-order chi connectivity index (χ1) is 12.4. The topological polar surface area (TPSA) is 81.9 Å². The molecular weight excluding hydrogens is 448 g/mol. The van der Waals surface area contributed by atoms with Crippen molar-refractivity contribution in [2.75, 3.05) is 11.1 Å². The van der Waals surface area contributed by atoms with Gasteiger partial charge in [0.1, 0.15) is 5.52 Å². The molecule has 2 aromatic carbocycles. The van der Waals surface area contributed by atoms with Gasteiger partial charge in [-0.15, -0.1) is 0 Å². The molecule has 0 radical (unpaired) electrons. The Labute approximate surface area is 162 Å². The molecule has 0 aliphatic carbocycles. The van der Waals surface area contributed by atoms with Gasteiger partial charge in [-0.3, -0.25) is 0 Å². The summed E-state index contributed by atoms with van der Waals surface area (Å²) < 4.78 is 23.6. The second-order valence-corrected chi connectivity index (χ2v) is 7.23. The van der Waals surface area contributed by atoms with Crippen molar-refractivity contribution in [3.8, 4) is 11.3 Å². The summed E-state index contributed by atoms with van der Waals surface area (Å²) in [6.45, 7) is 1.97. The van der Waals surface area contributed by atoms with Crippen molar-refractivity contribution in [1.82, 2.24) is 14.5 Å². The van der Waals surface area contributed by atoms with Crippen molar-refractivity contribution in [2.45, 2.75) is 6.92 Å². The number of oxazole rings is 1. The van der Waals surface area contributed by atoms with Crippen molar-refractivity contribution in [3.63, 3.8) is 0 Å². The van der Waals surface area contributed by atoms with Gasteiger partial charge in [-0.2, -0.15) is 0 Å². The Hall–Kier alpha value is -2.62. The standard InChI is InChI=1S/C18H15FIN5O/c1-9-5-10(20)3-4-12(9)24-16-11(14-7-22-18(21)26-14)6-13-17(15(16)19)23-8-25(13)2/h3-8,24H,1-2H3,(H2,21,22). The summed E-state index contributed by atoms with van der Waals surface area (Å²) in [7, 11) is 1.81. The number of hydrogen-bond donors (Lipinski definition) is 2. The van der Waals surface area contributed by atoms with Crippen molar-refractivity contribution in [1.29, 1.82) is 0 Å². The van der Waals surface area contributed by atoms with Gasteiger partial charge in [0, 0.05) is 21.9 Å². The molecule has 8 heteroatoms. The van der Waals surface area contributed by atoms with Gasteiger partial charge in [-0.25, -0.2) is 14.4 Å². The summed E-state index contributed by atoms with van der Waals surface area (Å²) in [6.07, 6.45) is 3.06. The van der Waals surface area contributed by atoms with E-state index in [1.165, 1.54) is 6.20 Å². The van der Waals surface area contributed by atoms with Gasteiger partial charge in [-0.1, -0.05) is 0 Å². The number of fused-ring (bicyclic) bond motifs is 1. The first kappa shape index (κ1) is 16.8. The number of nitrogen functional groups attached to an aromatic ring is 1. The molecule has 132 valence electrons. The maximum atomic E-state index is 15.3. The number of rotatable bonds is 3. The predicted octanol–water partition coefficient (Wildman–Crippen LogP) is 4.61. The van der Waals surface area contributed by atoms with Crippen LogP contribution in [-0.2, 0) is 7.05 Å². The van der Waals surface area contributed by atoms with Crippen LogP contribution >= 0.6 is 22.6 Å². The summed E-state index contributed by atoms with van der Waals surface area (Å²) >= 11 is 2.24. The van der Waals surface area contributed by atoms with E-state index in [9.17, 15) is 0 Å². The number of imidazole rings is 1. The lowest BCUT2D eigenvalue weighted by atomic mass is 10.1. The molecule has 4 aromatic rings. The lowest BCUT2D eigenvalue weighted by molar-refractivity contribution is 0.593. The summed E-state index contributed by atoms with van der Waals surface area (Å²) in [5.74, 6) is -0.0683. The fourth-order valence-electron chi connectivity index (χ4n) is 2.86. The van der Waals surface area contributed by atoms with E-state index in [4.69, 9.17) is 10.2 Å². The van der Waals surface area contributed by atoms with Crippen molar-refractivity contribution < 1.29 is 8.81 Å². The largest absolute Gasteiger partial charge is 0.424 e. The van der Waals surface area contributed by atoms with Crippen molar-refractivity contribution in [3.05, 3.63) is 51.7 Å². The Morgan fingerprint density at radius 3 is 2.77 bits per heavy atom. The smallest absolute Gasteiger partial charge is 0.292 e. The molecule has 0 saturated heterocycles. The van der Waals surface area contributed by atoms with Crippen LogP contribution in [0.5, 0.6) is 0 Å². The molecule has 2 aromatic heterocycles. The summed E-state index contributed by atoms with van der Waals surface area (Å²) in [4.78, 5) is 8.10. The molecule has 0 saturated carbocycles. The Balaban J connectivity index is 1.95. The molecule has 26 heavy (non-hydrogen) atoms. The first-order valence-corrected chi connectivity index (χ1v) is 8.90. The van der Waals surface area contributed by atoms with Crippen LogP contribution in [0.1, 0.15) is 5.56 Å². The SMILES string of the molecule is Cc1cc(I)ccc1Nc1c(-c2cnc(N)o2)cc2c(ncn2C)c1F. The van der Waals surface area contributed by atoms with Crippen molar-refractivity contribution >= 4 is 51.0 Å². The summed E-state index contributed by atoms with van der Waals surface area (Å²) in [5.41, 5.74) is 9.15. The minimum Gasteiger partial charge on any atom is -0.424 e. The fraction of sp³-hybridized carbons (Fsp3) is 0.111. The van der Waals surface area contributed by atoms with E-state index in [1.807, 2.05) is 38.2 Å². The summed E-state index contributed by atoms with van der Waals surface area (Å²) in [5, 5.41) is 3.19. The number of nitrogens with zero attached hydrogens (tertiary/aromatic N) is 3. The quantitative estimate of drug-likeness (QED) is 0.434. The zero-order chi connectivity index (χ0) is 18.4. The van der Waals surface area contributed by atoms with E-state index in [0.717, 1.165) is 14.8 Å². The highest BCUT2D eigenvalue weighted by molar-refractivity contribution is 14.1. The number of halogens is 2. The molecule has 0 fully saturated rings. The third-order valence-corrected chi connectivity index (χ3v) is 4.87. The van der Waals surface area contributed by atoms with E-state index in [1.54, 1.807) is 10.9 Å². The maximum Gasteiger partial charge on any atom is 0.292 e. The number of nitrogens with one attached hydrogen (secondary N) is 1. The van der Waals surface area contributed by atoms with Gasteiger partial charge in [0.2, 0.25) is 0 Å². The van der Waals surface area contributed by atoms with Crippen LogP contribution in [0.4, 0.5) is 21.8 Å². The molecule has 2 heterocycles. The normalized spacial score (nSPS) is 11.2. The predicted molar refractivity (Wildman–Crippen MR) is 108 cm³/mol. The molecule has 0 amide bonds. The van der Waals surface area contributed by atoms with Gasteiger partial charge in [-0.05, 0) is 59.3 Å². The van der Waals surface area contributed by atoms with Crippen LogP contribution in [-0.4, -0.2) is 14.5 Å². The Bertz CT molecular complexity index is 1130. The van der Waals surface area contributed by atoms with Gasteiger partial charge in [0.05, 0.1) is 23.7 Å².